The Balaban J connectivity index is 2.62. The molecule has 0 aliphatic rings. The first-order valence-electron chi connectivity index (χ1n) is 5.48. The largest absolute Gasteiger partial charge is 0.488 e. The zero-order chi connectivity index (χ0) is 12.7. The second kappa shape index (κ2) is 5.97. The molecular weight excluding hydrogens is 214 g/mol. The zero-order valence-electron chi connectivity index (χ0n) is 10.4. The number of hydrogen-bond acceptors (Lipinski definition) is 2. The molecule has 4 nitrogen and oxygen atoms in total. The van der Waals surface area contributed by atoms with E-state index < -0.39 is 0 Å². The molecule has 1 aromatic carbocycles. The molecule has 0 radical (unpaired) electrons. The van der Waals surface area contributed by atoms with Crippen LogP contribution in [0.25, 0.3) is 16.5 Å². The van der Waals surface area contributed by atoms with E-state index in [0.717, 1.165) is 11.3 Å². The number of nitrogens with zero attached hydrogens (tertiary/aromatic N) is 3. The van der Waals surface area contributed by atoms with E-state index in [1.54, 1.807) is 0 Å². The minimum absolute atomic E-state index is 0.182. The highest BCUT2D eigenvalue weighted by molar-refractivity contribution is 5.50. The molecule has 17 heavy (non-hydrogen) atoms. The van der Waals surface area contributed by atoms with Crippen molar-refractivity contribution >= 4 is 6.08 Å². The predicted molar refractivity (Wildman–Crippen MR) is 69.9 cm³/mol. The van der Waals surface area contributed by atoms with E-state index in [1.165, 1.54) is 0 Å². The molecule has 0 N–H and O–H groups in total. The maximum absolute atomic E-state index is 8.12. The summed E-state index contributed by atoms with van der Waals surface area (Å²) in [6, 6.07) is 7.79. The molecule has 0 fully saturated rings. The van der Waals surface area contributed by atoms with E-state index in [-0.39, 0.29) is 5.60 Å². The SMILES string of the molecule is CC(C)(C)Oc1ccc(C=CCN=[N+]=[N-])cc1. The Labute approximate surface area is 102 Å². The highest BCUT2D eigenvalue weighted by atomic mass is 16.5. The molecular formula is C13H17N3O. The highest BCUT2D eigenvalue weighted by Gasteiger charge is 2.10. The summed E-state index contributed by atoms with van der Waals surface area (Å²) in [5, 5.41) is 3.42. The van der Waals surface area contributed by atoms with Crippen molar-refractivity contribution in [2.24, 2.45) is 5.11 Å². The Morgan fingerprint density at radius 1 is 1.29 bits per heavy atom. The van der Waals surface area contributed by atoms with E-state index in [2.05, 4.69) is 10.0 Å². The van der Waals surface area contributed by atoms with E-state index in [4.69, 9.17) is 10.3 Å². The molecule has 1 rings (SSSR count). The Bertz CT molecular complexity index is 423. The number of rotatable bonds is 4. The molecule has 0 saturated carbocycles. The normalized spacial score (nSPS) is 11.2. The lowest BCUT2D eigenvalue weighted by molar-refractivity contribution is 0.131. The monoisotopic (exact) mass is 231 g/mol. The van der Waals surface area contributed by atoms with Crippen molar-refractivity contribution in [1.82, 2.24) is 0 Å². The van der Waals surface area contributed by atoms with Gasteiger partial charge in [-0.25, -0.2) is 0 Å². The Morgan fingerprint density at radius 3 is 2.47 bits per heavy atom. The van der Waals surface area contributed by atoms with E-state index in [9.17, 15) is 0 Å². The van der Waals surface area contributed by atoms with Crippen molar-refractivity contribution in [2.45, 2.75) is 26.4 Å². The summed E-state index contributed by atoms with van der Waals surface area (Å²) >= 11 is 0. The van der Waals surface area contributed by atoms with Gasteiger partial charge in [0.1, 0.15) is 11.4 Å². The zero-order valence-corrected chi connectivity index (χ0v) is 10.4. The molecule has 90 valence electrons. The van der Waals surface area contributed by atoms with E-state index in [0.29, 0.717) is 6.54 Å². The van der Waals surface area contributed by atoms with Crippen LogP contribution < -0.4 is 4.74 Å². The summed E-state index contributed by atoms with van der Waals surface area (Å²) in [5.41, 5.74) is 8.99. The molecule has 0 bridgehead atoms. The van der Waals surface area contributed by atoms with Crippen LogP contribution in [0.5, 0.6) is 5.75 Å². The fraction of sp³-hybridized carbons (Fsp3) is 0.385. The maximum Gasteiger partial charge on any atom is 0.120 e. The van der Waals surface area contributed by atoms with Crippen LogP contribution in [0.4, 0.5) is 0 Å². The van der Waals surface area contributed by atoms with Gasteiger partial charge < -0.3 is 4.74 Å². The van der Waals surface area contributed by atoms with Crippen molar-refractivity contribution < 1.29 is 4.74 Å². The molecule has 0 unspecified atom stereocenters. The van der Waals surface area contributed by atoms with Gasteiger partial charge in [0, 0.05) is 11.5 Å². The van der Waals surface area contributed by atoms with Gasteiger partial charge in [0.2, 0.25) is 0 Å². The molecule has 0 aliphatic carbocycles. The predicted octanol–water partition coefficient (Wildman–Crippen LogP) is 4.19. The van der Waals surface area contributed by atoms with Gasteiger partial charge in [-0.2, -0.15) is 0 Å². The van der Waals surface area contributed by atoms with Crippen LogP contribution in [0.2, 0.25) is 0 Å². The van der Waals surface area contributed by atoms with Crippen LogP contribution in [-0.2, 0) is 0 Å². The van der Waals surface area contributed by atoms with Crippen LogP contribution in [0.15, 0.2) is 35.5 Å². The smallest absolute Gasteiger partial charge is 0.120 e. The third-order valence-electron chi connectivity index (χ3n) is 1.86. The Morgan fingerprint density at radius 2 is 1.94 bits per heavy atom. The van der Waals surface area contributed by atoms with Gasteiger partial charge in [0.25, 0.3) is 0 Å². The third-order valence-corrected chi connectivity index (χ3v) is 1.86. The van der Waals surface area contributed by atoms with Crippen molar-refractivity contribution in [3.05, 3.63) is 46.3 Å². The molecule has 4 heteroatoms. The van der Waals surface area contributed by atoms with Crippen LogP contribution in [0, 0.1) is 0 Å². The molecule has 0 aliphatic heterocycles. The van der Waals surface area contributed by atoms with Crippen LogP contribution in [-0.4, -0.2) is 12.1 Å². The van der Waals surface area contributed by atoms with Crippen LogP contribution in [0.1, 0.15) is 26.3 Å². The van der Waals surface area contributed by atoms with Gasteiger partial charge in [-0.1, -0.05) is 29.4 Å². The summed E-state index contributed by atoms with van der Waals surface area (Å²) in [6.07, 6.45) is 3.73. The van der Waals surface area contributed by atoms with E-state index >= 15 is 0 Å². The standard InChI is InChI=1S/C13H17N3O/c1-13(2,3)17-12-8-6-11(7-9-12)5-4-10-15-16-14/h4-9H,10H2,1-3H3. The first-order valence-corrected chi connectivity index (χ1v) is 5.48. The average Bonchev–Trinajstić information content (AvgIpc) is 2.25. The molecule has 0 saturated heterocycles. The third kappa shape index (κ3) is 5.64. The molecule has 0 atom stereocenters. The lowest BCUT2D eigenvalue weighted by Gasteiger charge is -2.21. The Hall–Kier alpha value is -1.93. The van der Waals surface area contributed by atoms with Gasteiger partial charge >= 0.3 is 0 Å². The lowest BCUT2D eigenvalue weighted by Crippen LogP contribution is -2.22. The van der Waals surface area contributed by atoms with Gasteiger partial charge in [-0.15, -0.1) is 0 Å². The fourth-order valence-corrected chi connectivity index (χ4v) is 1.27. The van der Waals surface area contributed by atoms with Crippen LogP contribution in [0.3, 0.4) is 0 Å². The van der Waals surface area contributed by atoms with Gasteiger partial charge in [0.15, 0.2) is 0 Å². The van der Waals surface area contributed by atoms with Gasteiger partial charge in [-0.05, 0) is 44.0 Å². The second-order valence-electron chi connectivity index (χ2n) is 4.60. The molecule has 1 aromatic rings. The number of azide groups is 1. The summed E-state index contributed by atoms with van der Waals surface area (Å²) < 4.78 is 5.71. The fourth-order valence-electron chi connectivity index (χ4n) is 1.27. The van der Waals surface area contributed by atoms with Crippen molar-refractivity contribution in [2.75, 3.05) is 6.54 Å². The highest BCUT2D eigenvalue weighted by Crippen LogP contribution is 2.18. The summed E-state index contributed by atoms with van der Waals surface area (Å²) in [6.45, 7) is 6.42. The molecule has 0 aromatic heterocycles. The maximum atomic E-state index is 8.12. The number of ether oxygens (including phenoxy) is 1. The quantitative estimate of drug-likeness (QED) is 0.435. The number of hydrogen-bond donors (Lipinski definition) is 0. The van der Waals surface area contributed by atoms with Crippen molar-refractivity contribution in [1.29, 1.82) is 0 Å². The Kier molecular flexibility index (Phi) is 4.61. The van der Waals surface area contributed by atoms with Crippen LogP contribution >= 0.6 is 0 Å². The summed E-state index contributed by atoms with van der Waals surface area (Å²) in [5.74, 6) is 0.852. The lowest BCUT2D eigenvalue weighted by atomic mass is 10.1. The molecule has 0 spiro atoms. The first-order chi connectivity index (χ1) is 8.01. The van der Waals surface area contributed by atoms with E-state index in [1.807, 2.05) is 57.2 Å². The van der Waals surface area contributed by atoms with Gasteiger partial charge in [0.05, 0.1) is 0 Å². The summed E-state index contributed by atoms with van der Waals surface area (Å²) in [4.78, 5) is 2.68. The number of benzene rings is 1. The van der Waals surface area contributed by atoms with Gasteiger partial charge in [-0.3, -0.25) is 0 Å². The average molecular weight is 231 g/mol. The molecule has 0 amide bonds. The first kappa shape index (κ1) is 13.1. The minimum Gasteiger partial charge on any atom is -0.488 e. The topological polar surface area (TPSA) is 58.0 Å². The second-order valence-corrected chi connectivity index (χ2v) is 4.60. The van der Waals surface area contributed by atoms with Crippen molar-refractivity contribution in [3.63, 3.8) is 0 Å². The summed E-state index contributed by atoms with van der Waals surface area (Å²) in [7, 11) is 0. The van der Waals surface area contributed by atoms with Crippen molar-refractivity contribution in [3.8, 4) is 5.75 Å². The minimum atomic E-state index is -0.182. The molecule has 0 heterocycles.